The van der Waals surface area contributed by atoms with Crippen molar-refractivity contribution in [2.45, 2.75) is 33.2 Å². The summed E-state index contributed by atoms with van der Waals surface area (Å²) in [7, 11) is 1.81. The van der Waals surface area contributed by atoms with Gasteiger partial charge >= 0.3 is 0 Å². The Balaban J connectivity index is 3.09. The van der Waals surface area contributed by atoms with Crippen LogP contribution in [0, 0.1) is 21.3 Å². The van der Waals surface area contributed by atoms with Gasteiger partial charge in [0.25, 0.3) is 5.69 Å². The van der Waals surface area contributed by atoms with E-state index < -0.39 is 10.7 Å². The average molecular weight is 254 g/mol. The molecule has 4 nitrogen and oxygen atoms in total. The van der Waals surface area contributed by atoms with Gasteiger partial charge in [-0.3, -0.25) is 10.1 Å². The van der Waals surface area contributed by atoms with Crippen LogP contribution in [-0.4, -0.2) is 18.0 Å². The van der Waals surface area contributed by atoms with Crippen molar-refractivity contribution >= 4 is 5.69 Å². The highest BCUT2D eigenvalue weighted by Crippen LogP contribution is 2.27. The zero-order valence-electron chi connectivity index (χ0n) is 11.2. The van der Waals surface area contributed by atoms with Gasteiger partial charge in [0.2, 0.25) is 0 Å². The van der Waals surface area contributed by atoms with Crippen LogP contribution in [0.2, 0.25) is 0 Å². The van der Waals surface area contributed by atoms with E-state index in [1.54, 1.807) is 7.05 Å². The number of rotatable bonds is 4. The maximum absolute atomic E-state index is 13.2. The molecule has 1 N–H and O–H groups in total. The predicted octanol–water partition coefficient (Wildman–Crippen LogP) is 2.91. The molecule has 0 aliphatic carbocycles. The van der Waals surface area contributed by atoms with Gasteiger partial charge in [-0.2, -0.15) is 0 Å². The van der Waals surface area contributed by atoms with Crippen molar-refractivity contribution in [2.24, 2.45) is 5.41 Å². The fraction of sp³-hybridized carbons (Fsp3) is 0.538. The third-order valence-corrected chi connectivity index (χ3v) is 3.06. The molecule has 0 spiro atoms. The summed E-state index contributed by atoms with van der Waals surface area (Å²) in [5, 5.41) is 14.0. The molecule has 0 fully saturated rings. The quantitative estimate of drug-likeness (QED) is 0.664. The second-order valence-corrected chi connectivity index (χ2v) is 5.44. The molecule has 0 aliphatic heterocycles. The lowest BCUT2D eigenvalue weighted by atomic mass is 9.83. The minimum atomic E-state index is -0.468. The Morgan fingerprint density at radius 2 is 2.06 bits per heavy atom. The zero-order chi connectivity index (χ0) is 13.9. The van der Waals surface area contributed by atoms with Gasteiger partial charge in [-0.05, 0) is 31.0 Å². The fourth-order valence-corrected chi connectivity index (χ4v) is 1.96. The molecule has 0 heterocycles. The van der Waals surface area contributed by atoms with Crippen LogP contribution in [0.5, 0.6) is 0 Å². The largest absolute Gasteiger partial charge is 0.316 e. The summed E-state index contributed by atoms with van der Waals surface area (Å²) in [6.07, 6.45) is 0.425. The number of nitrogens with zero attached hydrogens (tertiary/aromatic N) is 1. The van der Waals surface area contributed by atoms with Gasteiger partial charge in [0, 0.05) is 17.7 Å². The second-order valence-electron chi connectivity index (χ2n) is 5.44. The molecule has 0 saturated carbocycles. The molecule has 18 heavy (non-hydrogen) atoms. The normalized spacial score (nSPS) is 13.4. The summed E-state index contributed by atoms with van der Waals surface area (Å²) in [6, 6.07) is 3.62. The Labute approximate surface area is 106 Å². The maximum Gasteiger partial charge on any atom is 0.272 e. The van der Waals surface area contributed by atoms with Crippen LogP contribution in [0.1, 0.15) is 26.3 Å². The van der Waals surface area contributed by atoms with E-state index >= 15 is 0 Å². The molecule has 1 aromatic rings. The number of benzene rings is 1. The zero-order valence-corrected chi connectivity index (χ0v) is 11.2. The van der Waals surface area contributed by atoms with Crippen molar-refractivity contribution in [2.75, 3.05) is 7.05 Å². The van der Waals surface area contributed by atoms with Crippen LogP contribution in [0.4, 0.5) is 10.1 Å². The Kier molecular flexibility index (Phi) is 4.40. The Bertz CT molecular complexity index is 441. The maximum atomic E-state index is 13.2. The topological polar surface area (TPSA) is 55.2 Å². The summed E-state index contributed by atoms with van der Waals surface area (Å²) in [6.45, 7) is 6.12. The number of hydrogen-bond acceptors (Lipinski definition) is 3. The van der Waals surface area contributed by atoms with Gasteiger partial charge in [-0.1, -0.05) is 20.8 Å². The molecule has 0 aromatic heterocycles. The standard InChI is InChI=1S/C13H19FN2O2/c1-13(2,3)12(15-4)8-9-7-10(14)5-6-11(9)16(17)18/h5-7,12,15H,8H2,1-4H3. The summed E-state index contributed by atoms with van der Waals surface area (Å²) < 4.78 is 13.2. The Morgan fingerprint density at radius 1 is 1.44 bits per heavy atom. The molecular formula is C13H19FN2O2. The van der Waals surface area contributed by atoms with Crippen molar-refractivity contribution in [3.05, 3.63) is 39.7 Å². The van der Waals surface area contributed by atoms with Crippen LogP contribution in [-0.2, 0) is 6.42 Å². The van der Waals surface area contributed by atoms with E-state index in [9.17, 15) is 14.5 Å². The average Bonchev–Trinajstić information content (AvgIpc) is 2.23. The first kappa shape index (κ1) is 14.6. The molecule has 1 atom stereocenters. The summed E-state index contributed by atoms with van der Waals surface area (Å²) in [5.41, 5.74) is 0.338. The molecule has 0 saturated heterocycles. The number of nitro groups is 1. The number of nitrogens with one attached hydrogen (secondary N) is 1. The smallest absolute Gasteiger partial charge is 0.272 e. The van der Waals surface area contributed by atoms with E-state index in [0.717, 1.165) is 6.07 Å². The second kappa shape index (κ2) is 5.44. The summed E-state index contributed by atoms with van der Waals surface area (Å²) in [4.78, 5) is 10.4. The minimum absolute atomic E-state index is 0.0269. The molecule has 100 valence electrons. The van der Waals surface area contributed by atoms with Gasteiger partial charge in [-0.15, -0.1) is 0 Å². The number of halogens is 1. The fourth-order valence-electron chi connectivity index (χ4n) is 1.96. The molecule has 0 amide bonds. The number of nitro benzene ring substituents is 1. The molecule has 1 rings (SSSR count). The third kappa shape index (κ3) is 3.50. The van der Waals surface area contributed by atoms with Crippen molar-refractivity contribution in [3.8, 4) is 0 Å². The lowest BCUT2D eigenvalue weighted by Crippen LogP contribution is -2.39. The van der Waals surface area contributed by atoms with Gasteiger partial charge in [-0.25, -0.2) is 4.39 Å². The molecule has 0 aliphatic rings. The highest BCUT2D eigenvalue weighted by Gasteiger charge is 2.26. The van der Waals surface area contributed by atoms with E-state index in [1.165, 1.54) is 12.1 Å². The lowest BCUT2D eigenvalue weighted by Gasteiger charge is -2.30. The Hall–Kier alpha value is -1.49. The van der Waals surface area contributed by atoms with Gasteiger partial charge < -0.3 is 5.32 Å². The molecule has 0 radical (unpaired) electrons. The van der Waals surface area contributed by atoms with Crippen LogP contribution < -0.4 is 5.32 Å². The molecular weight excluding hydrogens is 235 g/mol. The molecule has 1 aromatic carbocycles. The minimum Gasteiger partial charge on any atom is -0.316 e. The van der Waals surface area contributed by atoms with E-state index in [-0.39, 0.29) is 17.1 Å². The highest BCUT2D eigenvalue weighted by atomic mass is 19.1. The molecule has 0 bridgehead atoms. The van der Waals surface area contributed by atoms with E-state index in [1.807, 2.05) is 20.8 Å². The monoisotopic (exact) mass is 254 g/mol. The molecule has 1 unspecified atom stereocenters. The number of likely N-dealkylation sites (N-methyl/N-ethyl adjacent to an activating group) is 1. The van der Waals surface area contributed by atoms with E-state index in [0.29, 0.717) is 12.0 Å². The SMILES string of the molecule is CNC(Cc1cc(F)ccc1[N+](=O)[O-])C(C)(C)C. The lowest BCUT2D eigenvalue weighted by molar-refractivity contribution is -0.385. The van der Waals surface area contributed by atoms with Crippen LogP contribution in [0.15, 0.2) is 18.2 Å². The first-order valence-electron chi connectivity index (χ1n) is 5.85. The van der Waals surface area contributed by atoms with Crippen LogP contribution >= 0.6 is 0 Å². The van der Waals surface area contributed by atoms with Crippen molar-refractivity contribution < 1.29 is 9.31 Å². The van der Waals surface area contributed by atoms with Gasteiger partial charge in [0.1, 0.15) is 5.82 Å². The van der Waals surface area contributed by atoms with Gasteiger partial charge in [0.15, 0.2) is 0 Å². The van der Waals surface area contributed by atoms with E-state index in [4.69, 9.17) is 0 Å². The van der Waals surface area contributed by atoms with E-state index in [2.05, 4.69) is 5.32 Å². The number of hydrogen-bond donors (Lipinski definition) is 1. The van der Waals surface area contributed by atoms with Gasteiger partial charge in [0.05, 0.1) is 4.92 Å². The first-order chi connectivity index (χ1) is 8.25. The van der Waals surface area contributed by atoms with Crippen LogP contribution in [0.3, 0.4) is 0 Å². The van der Waals surface area contributed by atoms with Crippen molar-refractivity contribution in [1.29, 1.82) is 0 Å². The van der Waals surface area contributed by atoms with Crippen LogP contribution in [0.25, 0.3) is 0 Å². The first-order valence-corrected chi connectivity index (χ1v) is 5.85. The Morgan fingerprint density at radius 3 is 2.50 bits per heavy atom. The van der Waals surface area contributed by atoms with Crippen molar-refractivity contribution in [3.63, 3.8) is 0 Å². The summed E-state index contributed by atoms with van der Waals surface area (Å²) >= 11 is 0. The summed E-state index contributed by atoms with van der Waals surface area (Å²) in [5.74, 6) is -0.445. The van der Waals surface area contributed by atoms with Crippen molar-refractivity contribution in [1.82, 2.24) is 5.32 Å². The molecule has 5 heteroatoms. The third-order valence-electron chi connectivity index (χ3n) is 3.06. The highest BCUT2D eigenvalue weighted by molar-refractivity contribution is 5.41. The predicted molar refractivity (Wildman–Crippen MR) is 69.1 cm³/mol.